The van der Waals surface area contributed by atoms with Gasteiger partial charge in [-0.1, -0.05) is 28.1 Å². The van der Waals surface area contributed by atoms with Crippen LogP contribution in [-0.4, -0.2) is 32.7 Å². The van der Waals surface area contributed by atoms with Crippen LogP contribution >= 0.6 is 15.9 Å². The van der Waals surface area contributed by atoms with Crippen molar-refractivity contribution in [2.75, 3.05) is 6.61 Å². The molecule has 0 radical (unpaired) electrons. The Balaban J connectivity index is 1.85. The number of aromatic nitrogens is 2. The first kappa shape index (κ1) is 21.4. The minimum absolute atomic E-state index is 0.117. The second-order valence-corrected chi connectivity index (χ2v) is 7.75. The van der Waals surface area contributed by atoms with E-state index in [1.165, 1.54) is 41.1 Å². The van der Waals surface area contributed by atoms with E-state index in [0.717, 1.165) is 10.0 Å². The number of ether oxygens (including phenoxy) is 1. The molecule has 0 spiro atoms. The van der Waals surface area contributed by atoms with Gasteiger partial charge in [0.2, 0.25) is 5.78 Å². The zero-order valence-corrected chi connectivity index (χ0v) is 18.4. The number of nitrogens with zero attached hydrogens (tertiary/aromatic N) is 3. The first-order chi connectivity index (χ1) is 15.4. The van der Waals surface area contributed by atoms with Crippen LogP contribution in [0.2, 0.25) is 0 Å². The van der Waals surface area contributed by atoms with Crippen molar-refractivity contribution >= 4 is 38.9 Å². The second-order valence-electron chi connectivity index (χ2n) is 6.84. The molecule has 0 unspecified atom stereocenters. The van der Waals surface area contributed by atoms with E-state index in [2.05, 4.69) is 20.9 Å². The van der Waals surface area contributed by atoms with Gasteiger partial charge in [0, 0.05) is 27.7 Å². The SMILES string of the molecule is CCOC(=O)c1cc(C(=O)c2ccc([N+](=O)[O-])cc2)n2cnc(-c3cccc(Br)c3)cc12. The summed E-state index contributed by atoms with van der Waals surface area (Å²) in [6.07, 6.45) is 1.48. The van der Waals surface area contributed by atoms with Crippen LogP contribution < -0.4 is 0 Å². The second kappa shape index (κ2) is 8.72. The molecular weight excluding hydrogens is 478 g/mol. The molecule has 8 nitrogen and oxygen atoms in total. The third-order valence-electron chi connectivity index (χ3n) is 4.85. The predicted molar refractivity (Wildman–Crippen MR) is 121 cm³/mol. The molecule has 0 aliphatic heterocycles. The van der Waals surface area contributed by atoms with E-state index in [-0.39, 0.29) is 29.1 Å². The summed E-state index contributed by atoms with van der Waals surface area (Å²) in [7, 11) is 0. The van der Waals surface area contributed by atoms with Crippen LogP contribution in [0.15, 0.2) is 71.5 Å². The zero-order chi connectivity index (χ0) is 22.8. The van der Waals surface area contributed by atoms with Crippen molar-refractivity contribution in [3.05, 3.63) is 98.4 Å². The largest absolute Gasteiger partial charge is 0.462 e. The minimum atomic E-state index is -0.556. The topological polar surface area (TPSA) is 104 Å². The molecule has 0 atom stereocenters. The van der Waals surface area contributed by atoms with E-state index in [1.54, 1.807) is 13.0 Å². The van der Waals surface area contributed by atoms with Gasteiger partial charge in [0.15, 0.2) is 0 Å². The van der Waals surface area contributed by atoms with E-state index in [4.69, 9.17) is 4.74 Å². The number of nitro benzene ring substituents is 1. The zero-order valence-electron chi connectivity index (χ0n) is 16.8. The van der Waals surface area contributed by atoms with Gasteiger partial charge in [0.1, 0.15) is 6.33 Å². The highest BCUT2D eigenvalue weighted by Crippen LogP contribution is 2.27. The average Bonchev–Trinajstić information content (AvgIpc) is 3.18. The van der Waals surface area contributed by atoms with E-state index in [1.807, 2.05) is 24.3 Å². The maximum atomic E-state index is 13.2. The fourth-order valence-corrected chi connectivity index (χ4v) is 3.73. The number of benzene rings is 2. The normalized spacial score (nSPS) is 10.8. The Morgan fingerprint density at radius 3 is 2.53 bits per heavy atom. The minimum Gasteiger partial charge on any atom is -0.462 e. The highest BCUT2D eigenvalue weighted by Gasteiger charge is 2.23. The van der Waals surface area contributed by atoms with Crippen molar-refractivity contribution < 1.29 is 19.2 Å². The molecule has 2 aromatic heterocycles. The third kappa shape index (κ3) is 4.02. The molecule has 0 bridgehead atoms. The summed E-state index contributed by atoms with van der Waals surface area (Å²) < 4.78 is 7.58. The Kier molecular flexibility index (Phi) is 5.83. The first-order valence-corrected chi connectivity index (χ1v) is 10.4. The lowest BCUT2D eigenvalue weighted by atomic mass is 10.1. The molecule has 0 saturated carbocycles. The lowest BCUT2D eigenvalue weighted by molar-refractivity contribution is -0.384. The van der Waals surface area contributed by atoms with Gasteiger partial charge < -0.3 is 4.74 Å². The Morgan fingerprint density at radius 1 is 1.12 bits per heavy atom. The Morgan fingerprint density at radius 2 is 1.88 bits per heavy atom. The molecule has 0 saturated heterocycles. The molecule has 2 heterocycles. The van der Waals surface area contributed by atoms with E-state index >= 15 is 0 Å². The fraction of sp³-hybridized carbons (Fsp3) is 0.0870. The van der Waals surface area contributed by atoms with Crippen molar-refractivity contribution in [3.8, 4) is 11.3 Å². The molecular formula is C23H16BrN3O5. The number of esters is 1. The maximum absolute atomic E-state index is 13.2. The first-order valence-electron chi connectivity index (χ1n) is 9.62. The van der Waals surface area contributed by atoms with Crippen LogP contribution in [0.5, 0.6) is 0 Å². The van der Waals surface area contributed by atoms with Gasteiger partial charge in [0.25, 0.3) is 5.69 Å². The molecule has 4 aromatic rings. The summed E-state index contributed by atoms with van der Waals surface area (Å²) in [4.78, 5) is 40.6. The van der Waals surface area contributed by atoms with E-state index < -0.39 is 16.7 Å². The van der Waals surface area contributed by atoms with Crippen LogP contribution in [0.3, 0.4) is 0 Å². The predicted octanol–water partition coefficient (Wildman–Crippen LogP) is 5.08. The monoisotopic (exact) mass is 493 g/mol. The lowest BCUT2D eigenvalue weighted by Crippen LogP contribution is -2.06. The number of nitro groups is 1. The highest BCUT2D eigenvalue weighted by molar-refractivity contribution is 9.10. The summed E-state index contributed by atoms with van der Waals surface area (Å²) in [6.45, 7) is 1.89. The summed E-state index contributed by atoms with van der Waals surface area (Å²) in [6, 6.07) is 16.0. The Hall–Kier alpha value is -3.85. The number of rotatable bonds is 6. The number of carbonyl (C=O) groups excluding carboxylic acids is 2. The molecule has 4 rings (SSSR count). The molecule has 0 N–H and O–H groups in total. The van der Waals surface area contributed by atoms with Crippen LogP contribution in [0.25, 0.3) is 16.8 Å². The van der Waals surface area contributed by atoms with Crippen molar-refractivity contribution in [2.24, 2.45) is 0 Å². The quantitative estimate of drug-likeness (QED) is 0.160. The van der Waals surface area contributed by atoms with Crippen molar-refractivity contribution in [1.29, 1.82) is 0 Å². The van der Waals surface area contributed by atoms with Gasteiger partial charge in [-0.2, -0.15) is 0 Å². The summed E-state index contributed by atoms with van der Waals surface area (Å²) in [5.74, 6) is -0.957. The number of halogens is 1. The Labute approximate surface area is 190 Å². The summed E-state index contributed by atoms with van der Waals surface area (Å²) >= 11 is 3.44. The maximum Gasteiger partial charge on any atom is 0.340 e. The average molecular weight is 494 g/mol. The van der Waals surface area contributed by atoms with Crippen LogP contribution in [0, 0.1) is 10.1 Å². The van der Waals surface area contributed by atoms with Gasteiger partial charge in [-0.3, -0.25) is 19.3 Å². The fourth-order valence-electron chi connectivity index (χ4n) is 3.33. The van der Waals surface area contributed by atoms with Crippen LogP contribution in [0.4, 0.5) is 5.69 Å². The number of non-ortho nitro benzene ring substituents is 1. The molecule has 0 aliphatic carbocycles. The molecule has 32 heavy (non-hydrogen) atoms. The van der Waals surface area contributed by atoms with Gasteiger partial charge >= 0.3 is 5.97 Å². The number of hydrogen-bond acceptors (Lipinski definition) is 6. The summed E-state index contributed by atoms with van der Waals surface area (Å²) in [5.41, 5.74) is 2.49. The van der Waals surface area contributed by atoms with Crippen molar-refractivity contribution in [2.45, 2.75) is 6.92 Å². The molecule has 9 heteroatoms. The van der Waals surface area contributed by atoms with Gasteiger partial charge in [0.05, 0.1) is 34.0 Å². The van der Waals surface area contributed by atoms with E-state index in [9.17, 15) is 19.7 Å². The van der Waals surface area contributed by atoms with Crippen LogP contribution in [0.1, 0.15) is 33.3 Å². The molecule has 0 fully saturated rings. The molecule has 0 aliphatic rings. The number of fused-ring (bicyclic) bond motifs is 1. The van der Waals surface area contributed by atoms with Gasteiger partial charge in [-0.05, 0) is 43.3 Å². The third-order valence-corrected chi connectivity index (χ3v) is 5.34. The number of ketones is 1. The van der Waals surface area contributed by atoms with Crippen molar-refractivity contribution in [3.63, 3.8) is 0 Å². The lowest BCUT2D eigenvalue weighted by Gasteiger charge is -2.06. The van der Waals surface area contributed by atoms with Gasteiger partial charge in [-0.15, -0.1) is 0 Å². The standard InChI is InChI=1S/C23H16BrN3O5/c1-2-32-23(29)18-11-21(22(28)14-6-8-17(9-7-14)27(30)31)26-13-25-19(12-20(18)26)15-4-3-5-16(24)10-15/h3-13H,2H2,1H3. The smallest absolute Gasteiger partial charge is 0.340 e. The van der Waals surface area contributed by atoms with Gasteiger partial charge in [-0.25, -0.2) is 9.78 Å². The highest BCUT2D eigenvalue weighted by atomic mass is 79.9. The summed E-state index contributed by atoms with van der Waals surface area (Å²) in [5, 5.41) is 10.9. The Bertz CT molecular complexity index is 1360. The molecule has 0 amide bonds. The number of carbonyl (C=O) groups is 2. The molecule has 2 aromatic carbocycles. The molecule has 160 valence electrons. The van der Waals surface area contributed by atoms with E-state index in [0.29, 0.717) is 11.2 Å². The van der Waals surface area contributed by atoms with Crippen LogP contribution in [-0.2, 0) is 4.74 Å². The van der Waals surface area contributed by atoms with Crippen molar-refractivity contribution in [1.82, 2.24) is 9.38 Å². The number of hydrogen-bond donors (Lipinski definition) is 0.